The normalized spacial score (nSPS) is 12.6. The molecule has 0 saturated heterocycles. The van der Waals surface area contributed by atoms with Gasteiger partial charge < -0.3 is 0 Å². The third-order valence-corrected chi connectivity index (χ3v) is 1.66. The summed E-state index contributed by atoms with van der Waals surface area (Å²) in [5.74, 6) is 0. The Hall–Kier alpha value is -1.60. The number of aromatic nitrogens is 1. The first-order valence-corrected chi connectivity index (χ1v) is 3.76. The third kappa shape index (κ3) is 2.50. The molecule has 0 spiro atoms. The highest BCUT2D eigenvalue weighted by molar-refractivity contribution is 5.77. The van der Waals surface area contributed by atoms with Crippen molar-refractivity contribution >= 4 is 6.29 Å². The number of hydrogen-bond donors (Lipinski definition) is 0. The minimum atomic E-state index is -4.91. The second-order valence-electron chi connectivity index (χ2n) is 2.77. The van der Waals surface area contributed by atoms with Crippen molar-refractivity contribution < 1.29 is 31.1 Å². The summed E-state index contributed by atoms with van der Waals surface area (Å²) in [6.45, 7) is 0. The number of pyridine rings is 1. The van der Waals surface area contributed by atoms with Gasteiger partial charge in [-0.25, -0.2) is 0 Å². The summed E-state index contributed by atoms with van der Waals surface area (Å²) in [7, 11) is 0. The molecule has 88 valence electrons. The molecule has 0 fully saturated rings. The molecule has 0 N–H and O–H groups in total. The lowest BCUT2D eigenvalue weighted by atomic mass is 10.1. The van der Waals surface area contributed by atoms with Crippen LogP contribution in [-0.4, -0.2) is 11.3 Å². The molecule has 1 aromatic rings. The van der Waals surface area contributed by atoms with Crippen molar-refractivity contribution in [3.05, 3.63) is 29.1 Å². The first kappa shape index (κ1) is 12.5. The number of carbonyl (C=O) groups excluding carboxylic acids is 1. The largest absolute Gasteiger partial charge is 0.433 e. The number of nitrogens with zero attached hydrogens (tertiary/aromatic N) is 1. The lowest BCUT2D eigenvalue weighted by Crippen LogP contribution is -2.14. The molecule has 0 aliphatic carbocycles. The Balaban J connectivity index is 3.34. The van der Waals surface area contributed by atoms with Gasteiger partial charge in [0.05, 0.1) is 5.56 Å². The Morgan fingerprint density at radius 2 is 1.62 bits per heavy atom. The van der Waals surface area contributed by atoms with Gasteiger partial charge in [-0.2, -0.15) is 26.3 Å². The Morgan fingerprint density at radius 3 is 2.00 bits per heavy atom. The molecule has 0 unspecified atom stereocenters. The maximum atomic E-state index is 12.2. The van der Waals surface area contributed by atoms with Crippen LogP contribution in [0.4, 0.5) is 26.3 Å². The Kier molecular flexibility index (Phi) is 2.93. The molecule has 0 aliphatic heterocycles. The van der Waals surface area contributed by atoms with Crippen LogP contribution in [0.3, 0.4) is 0 Å². The fourth-order valence-electron chi connectivity index (χ4n) is 0.960. The van der Waals surface area contributed by atoms with Crippen molar-refractivity contribution in [3.8, 4) is 0 Å². The molecule has 0 aliphatic rings. The van der Waals surface area contributed by atoms with E-state index in [0.717, 1.165) is 0 Å². The van der Waals surface area contributed by atoms with Gasteiger partial charge in [0.15, 0.2) is 6.29 Å². The minimum absolute atomic E-state index is 0.00738. The van der Waals surface area contributed by atoms with Crippen molar-refractivity contribution in [1.29, 1.82) is 0 Å². The van der Waals surface area contributed by atoms with Gasteiger partial charge in [-0.3, -0.25) is 9.78 Å². The summed E-state index contributed by atoms with van der Waals surface area (Å²) in [5, 5.41) is 0. The highest BCUT2D eigenvalue weighted by Crippen LogP contribution is 2.34. The SMILES string of the molecule is O=Cc1cc(C(F)(F)F)ncc1C(F)(F)F. The van der Waals surface area contributed by atoms with E-state index in [4.69, 9.17) is 0 Å². The van der Waals surface area contributed by atoms with Gasteiger partial charge in [-0.1, -0.05) is 0 Å². The molecule has 1 aromatic heterocycles. The second-order valence-corrected chi connectivity index (χ2v) is 2.77. The molecule has 0 atom stereocenters. The van der Waals surface area contributed by atoms with Gasteiger partial charge in [0.25, 0.3) is 0 Å². The number of rotatable bonds is 1. The van der Waals surface area contributed by atoms with Crippen LogP contribution < -0.4 is 0 Å². The van der Waals surface area contributed by atoms with Crippen LogP contribution in [0.25, 0.3) is 0 Å². The monoisotopic (exact) mass is 243 g/mol. The maximum Gasteiger partial charge on any atom is 0.433 e. The van der Waals surface area contributed by atoms with Crippen molar-refractivity contribution in [1.82, 2.24) is 4.98 Å². The van der Waals surface area contributed by atoms with Crippen LogP contribution in [0.15, 0.2) is 12.3 Å². The van der Waals surface area contributed by atoms with Gasteiger partial charge in [0.2, 0.25) is 0 Å². The zero-order valence-electron chi connectivity index (χ0n) is 7.36. The summed E-state index contributed by atoms with van der Waals surface area (Å²) < 4.78 is 72.8. The molecule has 0 amide bonds. The highest BCUT2D eigenvalue weighted by atomic mass is 19.4. The number of carbonyl (C=O) groups is 1. The molecule has 1 rings (SSSR count). The van der Waals surface area contributed by atoms with E-state index >= 15 is 0 Å². The van der Waals surface area contributed by atoms with E-state index in [1.165, 1.54) is 0 Å². The zero-order chi connectivity index (χ0) is 12.6. The molecule has 8 heteroatoms. The van der Waals surface area contributed by atoms with Crippen molar-refractivity contribution in [3.63, 3.8) is 0 Å². The highest BCUT2D eigenvalue weighted by Gasteiger charge is 2.38. The fraction of sp³-hybridized carbons (Fsp3) is 0.250. The standard InChI is InChI=1S/C8H3F6NO/c9-7(10,11)5-2-15-6(8(12,13)14)1-4(5)3-16/h1-3H. The van der Waals surface area contributed by atoms with E-state index in [1.807, 2.05) is 0 Å². The lowest BCUT2D eigenvalue weighted by Gasteiger charge is -2.11. The van der Waals surface area contributed by atoms with E-state index < -0.39 is 29.2 Å². The number of aldehydes is 1. The smallest absolute Gasteiger partial charge is 0.298 e. The van der Waals surface area contributed by atoms with Crippen LogP contribution in [0.1, 0.15) is 21.6 Å². The van der Waals surface area contributed by atoms with Crippen molar-refractivity contribution in [2.75, 3.05) is 0 Å². The molecule has 0 aromatic carbocycles. The van der Waals surface area contributed by atoms with E-state index in [2.05, 4.69) is 4.98 Å². The average Bonchev–Trinajstić information content (AvgIpc) is 2.14. The molecular formula is C8H3F6NO. The fourth-order valence-corrected chi connectivity index (χ4v) is 0.960. The summed E-state index contributed by atoms with van der Waals surface area (Å²) in [6.07, 6.45) is -10.1. The Morgan fingerprint density at radius 1 is 1.06 bits per heavy atom. The molecule has 16 heavy (non-hydrogen) atoms. The average molecular weight is 243 g/mol. The minimum Gasteiger partial charge on any atom is -0.298 e. The molecule has 0 bridgehead atoms. The number of alkyl halides is 6. The lowest BCUT2D eigenvalue weighted by molar-refractivity contribution is -0.144. The van der Waals surface area contributed by atoms with E-state index in [0.29, 0.717) is 0 Å². The van der Waals surface area contributed by atoms with Crippen LogP contribution in [0, 0.1) is 0 Å². The summed E-state index contributed by atoms with van der Waals surface area (Å²) in [5.41, 5.74) is -4.12. The topological polar surface area (TPSA) is 30.0 Å². The van der Waals surface area contributed by atoms with E-state index in [9.17, 15) is 31.1 Å². The van der Waals surface area contributed by atoms with Gasteiger partial charge in [0.1, 0.15) is 5.69 Å². The predicted molar refractivity (Wildman–Crippen MR) is 39.6 cm³/mol. The van der Waals surface area contributed by atoms with Crippen LogP contribution >= 0.6 is 0 Å². The van der Waals surface area contributed by atoms with Crippen LogP contribution in [-0.2, 0) is 12.4 Å². The van der Waals surface area contributed by atoms with E-state index in [1.54, 1.807) is 0 Å². The molecule has 0 saturated carbocycles. The molecule has 1 heterocycles. The second kappa shape index (κ2) is 3.76. The Bertz CT molecular complexity index is 408. The third-order valence-electron chi connectivity index (χ3n) is 1.66. The number of halogens is 6. The summed E-state index contributed by atoms with van der Waals surface area (Å²) in [4.78, 5) is 12.9. The van der Waals surface area contributed by atoms with Crippen molar-refractivity contribution in [2.45, 2.75) is 12.4 Å². The zero-order valence-corrected chi connectivity index (χ0v) is 7.36. The Labute approximate surface area is 84.9 Å². The van der Waals surface area contributed by atoms with Crippen LogP contribution in [0.5, 0.6) is 0 Å². The maximum absolute atomic E-state index is 12.2. The van der Waals surface area contributed by atoms with Gasteiger partial charge in [-0.15, -0.1) is 0 Å². The van der Waals surface area contributed by atoms with Crippen molar-refractivity contribution in [2.24, 2.45) is 0 Å². The van der Waals surface area contributed by atoms with Crippen LogP contribution in [0.2, 0.25) is 0 Å². The van der Waals surface area contributed by atoms with Gasteiger partial charge in [-0.05, 0) is 6.07 Å². The van der Waals surface area contributed by atoms with Gasteiger partial charge in [0, 0.05) is 11.8 Å². The quantitative estimate of drug-likeness (QED) is 0.560. The van der Waals surface area contributed by atoms with Gasteiger partial charge >= 0.3 is 12.4 Å². The molecule has 2 nitrogen and oxygen atoms in total. The first-order valence-electron chi connectivity index (χ1n) is 3.76. The van der Waals surface area contributed by atoms with E-state index in [-0.39, 0.29) is 18.5 Å². The predicted octanol–water partition coefficient (Wildman–Crippen LogP) is 2.93. The first-order chi connectivity index (χ1) is 7.16. The molecule has 0 radical (unpaired) electrons. The molecular weight excluding hydrogens is 240 g/mol. The summed E-state index contributed by atoms with van der Waals surface area (Å²) >= 11 is 0. The summed E-state index contributed by atoms with van der Waals surface area (Å²) in [6, 6.07) is 0.0653. The number of hydrogen-bond acceptors (Lipinski definition) is 2.